The van der Waals surface area contributed by atoms with Gasteiger partial charge in [-0.3, -0.25) is 9.59 Å². The lowest BCUT2D eigenvalue weighted by Gasteiger charge is -2.04. The van der Waals surface area contributed by atoms with E-state index >= 15 is 0 Å². The summed E-state index contributed by atoms with van der Waals surface area (Å²) in [4.78, 5) is 20.9. The standard InChI is InChI=1S/C10H9FO3/c1-6-2-7(4-10(13)14)8(5-12)3-9(6)11/h2-3,5H,4H2,1H3,(H,13,14). The highest BCUT2D eigenvalue weighted by Crippen LogP contribution is 2.14. The van der Waals surface area contributed by atoms with Crippen LogP contribution in [0.1, 0.15) is 21.5 Å². The monoisotopic (exact) mass is 196 g/mol. The summed E-state index contributed by atoms with van der Waals surface area (Å²) in [6, 6.07) is 2.44. The van der Waals surface area contributed by atoms with E-state index in [1.807, 2.05) is 0 Å². The van der Waals surface area contributed by atoms with E-state index in [0.29, 0.717) is 17.4 Å². The van der Waals surface area contributed by atoms with Gasteiger partial charge in [-0.1, -0.05) is 6.07 Å². The summed E-state index contributed by atoms with van der Waals surface area (Å²) in [5.74, 6) is -1.54. The van der Waals surface area contributed by atoms with Gasteiger partial charge in [-0.05, 0) is 24.1 Å². The van der Waals surface area contributed by atoms with Crippen molar-refractivity contribution in [1.82, 2.24) is 0 Å². The first kappa shape index (κ1) is 10.4. The molecule has 0 fully saturated rings. The molecule has 74 valence electrons. The first-order valence-corrected chi connectivity index (χ1v) is 4.00. The summed E-state index contributed by atoms with van der Waals surface area (Å²) in [6.07, 6.45) is 0.190. The minimum absolute atomic E-state index is 0.0931. The summed E-state index contributed by atoms with van der Waals surface area (Å²) in [5, 5.41) is 8.54. The molecule has 1 aromatic rings. The quantitative estimate of drug-likeness (QED) is 0.746. The van der Waals surface area contributed by atoms with Gasteiger partial charge in [-0.25, -0.2) is 4.39 Å². The molecule has 14 heavy (non-hydrogen) atoms. The fraction of sp³-hybridized carbons (Fsp3) is 0.200. The van der Waals surface area contributed by atoms with Gasteiger partial charge in [0.1, 0.15) is 12.1 Å². The zero-order valence-corrected chi connectivity index (χ0v) is 7.58. The Morgan fingerprint density at radius 2 is 2.21 bits per heavy atom. The van der Waals surface area contributed by atoms with Gasteiger partial charge in [0.05, 0.1) is 6.42 Å². The van der Waals surface area contributed by atoms with Crippen LogP contribution in [0.5, 0.6) is 0 Å². The molecule has 0 spiro atoms. The predicted octanol–water partition coefficient (Wildman–Crippen LogP) is 1.57. The average molecular weight is 196 g/mol. The molecule has 1 N–H and O–H groups in total. The second-order valence-corrected chi connectivity index (χ2v) is 2.99. The number of halogens is 1. The molecule has 0 aromatic heterocycles. The molecule has 0 bridgehead atoms. The molecule has 1 aromatic carbocycles. The van der Waals surface area contributed by atoms with E-state index in [1.54, 1.807) is 0 Å². The molecule has 4 heteroatoms. The third-order valence-corrected chi connectivity index (χ3v) is 1.89. The summed E-state index contributed by atoms with van der Waals surface area (Å²) in [7, 11) is 0. The maximum absolute atomic E-state index is 13.0. The van der Waals surface area contributed by atoms with Crippen LogP contribution in [0.3, 0.4) is 0 Å². The molecule has 0 aliphatic rings. The number of carboxylic acids is 1. The van der Waals surface area contributed by atoms with Gasteiger partial charge in [-0.15, -0.1) is 0 Å². The number of carbonyl (C=O) groups is 2. The number of rotatable bonds is 3. The number of hydrogen-bond donors (Lipinski definition) is 1. The zero-order chi connectivity index (χ0) is 10.7. The first-order chi connectivity index (χ1) is 6.54. The second kappa shape index (κ2) is 4.00. The van der Waals surface area contributed by atoms with Crippen LogP contribution in [0, 0.1) is 12.7 Å². The van der Waals surface area contributed by atoms with Crippen LogP contribution in [-0.4, -0.2) is 17.4 Å². The number of carboxylic acid groups (broad SMARTS) is 1. The highest BCUT2D eigenvalue weighted by Gasteiger charge is 2.09. The fourth-order valence-corrected chi connectivity index (χ4v) is 1.18. The summed E-state index contributed by atoms with van der Waals surface area (Å²) in [6.45, 7) is 1.52. The Balaban J connectivity index is 3.19. The molecule has 0 aliphatic carbocycles. The van der Waals surface area contributed by atoms with Crippen LogP contribution >= 0.6 is 0 Å². The number of aldehydes is 1. The molecule has 0 heterocycles. The van der Waals surface area contributed by atoms with E-state index in [4.69, 9.17) is 5.11 Å². The molecule has 0 atom stereocenters. The number of aryl methyl sites for hydroxylation is 1. The molecular formula is C10H9FO3. The van der Waals surface area contributed by atoms with Crippen LogP contribution in [0.2, 0.25) is 0 Å². The molecule has 1 rings (SSSR count). The third kappa shape index (κ3) is 2.16. The van der Waals surface area contributed by atoms with E-state index in [0.717, 1.165) is 6.07 Å². The smallest absolute Gasteiger partial charge is 0.307 e. The fourth-order valence-electron chi connectivity index (χ4n) is 1.18. The highest BCUT2D eigenvalue weighted by atomic mass is 19.1. The van der Waals surface area contributed by atoms with Gasteiger partial charge in [0.25, 0.3) is 0 Å². The molecule has 0 saturated carbocycles. The van der Waals surface area contributed by atoms with Crippen molar-refractivity contribution >= 4 is 12.3 Å². The Hall–Kier alpha value is -1.71. The number of carbonyl (C=O) groups excluding carboxylic acids is 1. The summed E-state index contributed by atoms with van der Waals surface area (Å²) >= 11 is 0. The van der Waals surface area contributed by atoms with Crippen LogP contribution in [-0.2, 0) is 11.2 Å². The van der Waals surface area contributed by atoms with Gasteiger partial charge in [0.15, 0.2) is 0 Å². The van der Waals surface area contributed by atoms with Crippen molar-refractivity contribution in [2.24, 2.45) is 0 Å². The average Bonchev–Trinajstić information content (AvgIpc) is 2.10. The largest absolute Gasteiger partial charge is 0.481 e. The number of hydrogen-bond acceptors (Lipinski definition) is 2. The van der Waals surface area contributed by atoms with E-state index in [-0.39, 0.29) is 12.0 Å². The predicted molar refractivity (Wildman–Crippen MR) is 47.9 cm³/mol. The van der Waals surface area contributed by atoms with Gasteiger partial charge in [0, 0.05) is 5.56 Å². The SMILES string of the molecule is Cc1cc(CC(=O)O)c(C=O)cc1F. The number of aliphatic carboxylic acids is 1. The summed E-state index contributed by atoms with van der Waals surface area (Å²) in [5.41, 5.74) is 0.772. The molecule has 3 nitrogen and oxygen atoms in total. The van der Waals surface area contributed by atoms with Crippen molar-refractivity contribution in [2.45, 2.75) is 13.3 Å². The molecule has 0 unspecified atom stereocenters. The van der Waals surface area contributed by atoms with Crippen molar-refractivity contribution in [3.8, 4) is 0 Å². The second-order valence-electron chi connectivity index (χ2n) is 2.99. The minimum Gasteiger partial charge on any atom is -0.481 e. The Labute approximate surface area is 80.2 Å². The van der Waals surface area contributed by atoms with Crippen molar-refractivity contribution in [2.75, 3.05) is 0 Å². The minimum atomic E-state index is -1.04. The molecular weight excluding hydrogens is 187 g/mol. The maximum Gasteiger partial charge on any atom is 0.307 e. The lowest BCUT2D eigenvalue weighted by Crippen LogP contribution is -2.04. The lowest BCUT2D eigenvalue weighted by atomic mass is 10.0. The molecule has 0 amide bonds. The molecule has 0 radical (unpaired) electrons. The van der Waals surface area contributed by atoms with E-state index in [1.165, 1.54) is 13.0 Å². The number of benzene rings is 1. The highest BCUT2D eigenvalue weighted by molar-refractivity contribution is 5.81. The lowest BCUT2D eigenvalue weighted by molar-refractivity contribution is -0.136. The Kier molecular flexibility index (Phi) is 2.96. The van der Waals surface area contributed by atoms with Crippen LogP contribution in [0.4, 0.5) is 4.39 Å². The Morgan fingerprint density at radius 3 is 2.71 bits per heavy atom. The van der Waals surface area contributed by atoms with Crippen molar-refractivity contribution in [3.63, 3.8) is 0 Å². The normalized spacial score (nSPS) is 9.86. The zero-order valence-electron chi connectivity index (χ0n) is 7.58. The third-order valence-electron chi connectivity index (χ3n) is 1.89. The maximum atomic E-state index is 13.0. The van der Waals surface area contributed by atoms with Crippen molar-refractivity contribution in [1.29, 1.82) is 0 Å². The van der Waals surface area contributed by atoms with Gasteiger partial charge < -0.3 is 5.11 Å². The Morgan fingerprint density at radius 1 is 1.57 bits per heavy atom. The summed E-state index contributed by atoms with van der Waals surface area (Å²) < 4.78 is 13.0. The first-order valence-electron chi connectivity index (χ1n) is 4.00. The van der Waals surface area contributed by atoms with E-state index in [2.05, 4.69) is 0 Å². The van der Waals surface area contributed by atoms with E-state index in [9.17, 15) is 14.0 Å². The van der Waals surface area contributed by atoms with Crippen LogP contribution in [0.15, 0.2) is 12.1 Å². The van der Waals surface area contributed by atoms with Gasteiger partial charge >= 0.3 is 5.97 Å². The van der Waals surface area contributed by atoms with Crippen LogP contribution in [0.25, 0.3) is 0 Å². The van der Waals surface area contributed by atoms with Crippen molar-refractivity contribution < 1.29 is 19.1 Å². The molecule has 0 saturated heterocycles. The van der Waals surface area contributed by atoms with Gasteiger partial charge in [-0.2, -0.15) is 0 Å². The topological polar surface area (TPSA) is 54.4 Å². The molecule has 0 aliphatic heterocycles. The van der Waals surface area contributed by atoms with Crippen LogP contribution < -0.4 is 0 Å². The van der Waals surface area contributed by atoms with Crippen molar-refractivity contribution in [3.05, 3.63) is 34.6 Å². The Bertz CT molecular complexity index is 385. The van der Waals surface area contributed by atoms with Gasteiger partial charge in [0.2, 0.25) is 0 Å². The van der Waals surface area contributed by atoms with E-state index < -0.39 is 11.8 Å².